The summed E-state index contributed by atoms with van der Waals surface area (Å²) in [6.07, 6.45) is 5.84. The quantitative estimate of drug-likeness (QED) is 0.624. The second-order valence-corrected chi connectivity index (χ2v) is 8.26. The second-order valence-electron chi connectivity index (χ2n) is 8.26. The van der Waals surface area contributed by atoms with E-state index in [1.165, 1.54) is 16.6 Å². The Balaban J connectivity index is 1.78. The van der Waals surface area contributed by atoms with Gasteiger partial charge in [-0.1, -0.05) is 19.3 Å². The van der Waals surface area contributed by atoms with E-state index < -0.39 is 34.7 Å². The van der Waals surface area contributed by atoms with E-state index in [2.05, 4.69) is 5.32 Å². The van der Waals surface area contributed by atoms with Crippen LogP contribution in [0.3, 0.4) is 0 Å². The van der Waals surface area contributed by atoms with Gasteiger partial charge in [-0.3, -0.25) is 19.3 Å². The molecule has 1 aliphatic carbocycles. The van der Waals surface area contributed by atoms with E-state index in [0.717, 1.165) is 38.3 Å². The van der Waals surface area contributed by atoms with Gasteiger partial charge in [0, 0.05) is 17.9 Å². The van der Waals surface area contributed by atoms with E-state index in [0.29, 0.717) is 11.4 Å². The van der Waals surface area contributed by atoms with E-state index in [4.69, 9.17) is 4.74 Å². The van der Waals surface area contributed by atoms with Crippen molar-refractivity contribution in [1.29, 1.82) is 0 Å². The van der Waals surface area contributed by atoms with E-state index >= 15 is 0 Å². The molecule has 3 N–H and O–H groups in total. The number of aromatic carboxylic acids is 1. The Hall–Kier alpha value is -3.82. The Labute approximate surface area is 189 Å². The highest BCUT2D eigenvalue weighted by atomic mass is 16.5. The maximum Gasteiger partial charge on any atom is 0.341 e. The summed E-state index contributed by atoms with van der Waals surface area (Å²) in [5.74, 6) is -3.09. The van der Waals surface area contributed by atoms with Crippen LogP contribution >= 0.6 is 0 Å². The van der Waals surface area contributed by atoms with Crippen molar-refractivity contribution in [2.24, 2.45) is 0 Å². The summed E-state index contributed by atoms with van der Waals surface area (Å²) in [5.41, 5.74) is -1.80. The topological polar surface area (TPSA) is 138 Å². The average molecular weight is 455 g/mol. The number of rotatable bonds is 5. The lowest BCUT2D eigenvalue weighted by Gasteiger charge is -2.38. The SMILES string of the molecule is COc1ccc(N2C(=O)c3c(O)c(=O)c(C(=O)O)cn3CC2C(=O)NC2CCCCC2)cc1. The minimum atomic E-state index is -1.53. The number of ether oxygens (including phenoxy) is 1. The highest BCUT2D eigenvalue weighted by molar-refractivity contribution is 6.11. The Kier molecular flexibility index (Phi) is 6.08. The van der Waals surface area contributed by atoms with Gasteiger partial charge in [-0.2, -0.15) is 0 Å². The third-order valence-electron chi connectivity index (χ3n) is 6.19. The smallest absolute Gasteiger partial charge is 0.341 e. The van der Waals surface area contributed by atoms with Crippen molar-refractivity contribution >= 4 is 23.5 Å². The molecule has 2 amide bonds. The maximum absolute atomic E-state index is 13.5. The fourth-order valence-electron chi connectivity index (χ4n) is 4.48. The van der Waals surface area contributed by atoms with Crippen LogP contribution in [0.15, 0.2) is 35.3 Å². The van der Waals surface area contributed by atoms with Crippen molar-refractivity contribution in [3.8, 4) is 11.5 Å². The number of aromatic hydroxyl groups is 1. The molecule has 1 fully saturated rings. The molecular formula is C23H25N3O7. The normalized spacial score (nSPS) is 18.5. The number of carboxylic acid groups (broad SMARTS) is 1. The highest BCUT2D eigenvalue weighted by Gasteiger charge is 2.41. The van der Waals surface area contributed by atoms with Crippen molar-refractivity contribution in [2.45, 2.75) is 50.7 Å². The van der Waals surface area contributed by atoms with Crippen LogP contribution in [0.25, 0.3) is 0 Å². The molecule has 0 radical (unpaired) electrons. The first kappa shape index (κ1) is 22.4. The van der Waals surface area contributed by atoms with Gasteiger partial charge in [0.2, 0.25) is 11.3 Å². The monoisotopic (exact) mass is 455 g/mol. The van der Waals surface area contributed by atoms with E-state index in [1.807, 2.05) is 0 Å². The molecule has 2 aromatic rings. The average Bonchev–Trinajstić information content (AvgIpc) is 2.81. The third-order valence-corrected chi connectivity index (χ3v) is 6.19. The summed E-state index contributed by atoms with van der Waals surface area (Å²) in [6, 6.07) is 5.46. The van der Waals surface area contributed by atoms with Gasteiger partial charge in [-0.25, -0.2) is 4.79 Å². The number of benzene rings is 1. The summed E-state index contributed by atoms with van der Waals surface area (Å²) in [6.45, 7) is -0.125. The van der Waals surface area contributed by atoms with Crippen LogP contribution in [0.1, 0.15) is 53.0 Å². The van der Waals surface area contributed by atoms with Crippen LogP contribution in [0.5, 0.6) is 11.5 Å². The van der Waals surface area contributed by atoms with Crippen molar-refractivity contribution in [2.75, 3.05) is 12.0 Å². The molecular weight excluding hydrogens is 430 g/mol. The van der Waals surface area contributed by atoms with E-state index in [9.17, 15) is 29.4 Å². The first-order valence-corrected chi connectivity index (χ1v) is 10.8. The Morgan fingerprint density at radius 3 is 2.36 bits per heavy atom. The molecule has 2 aliphatic rings. The van der Waals surface area contributed by atoms with E-state index in [-0.39, 0.29) is 24.2 Å². The molecule has 4 rings (SSSR count). The predicted molar refractivity (Wildman–Crippen MR) is 118 cm³/mol. The molecule has 2 heterocycles. The number of carbonyl (C=O) groups is 3. The van der Waals surface area contributed by atoms with Crippen molar-refractivity contribution in [3.05, 3.63) is 51.9 Å². The fourth-order valence-corrected chi connectivity index (χ4v) is 4.48. The Bertz CT molecular complexity index is 1150. The van der Waals surface area contributed by atoms with Crippen LogP contribution in [0, 0.1) is 0 Å². The molecule has 1 unspecified atom stereocenters. The maximum atomic E-state index is 13.5. The standard InChI is InChI=1S/C23H25N3O7/c1-33-15-9-7-14(8-10-15)26-17(21(29)24-13-5-3-2-4-6-13)12-25-11-16(23(31)32)19(27)20(28)18(25)22(26)30/h7-11,13,17,28H,2-6,12H2,1H3,(H,24,29)(H,31,32). The lowest BCUT2D eigenvalue weighted by Crippen LogP contribution is -2.57. The molecule has 33 heavy (non-hydrogen) atoms. The first-order chi connectivity index (χ1) is 15.8. The molecule has 0 spiro atoms. The zero-order valence-corrected chi connectivity index (χ0v) is 18.1. The number of nitrogens with zero attached hydrogens (tertiary/aromatic N) is 2. The zero-order chi connectivity index (χ0) is 23.7. The van der Waals surface area contributed by atoms with Gasteiger partial charge in [-0.15, -0.1) is 0 Å². The number of fused-ring (bicyclic) bond motifs is 1. The molecule has 0 saturated heterocycles. The number of nitrogens with one attached hydrogen (secondary N) is 1. The molecule has 1 atom stereocenters. The second kappa shape index (κ2) is 8.97. The number of aromatic nitrogens is 1. The molecule has 1 saturated carbocycles. The fraction of sp³-hybridized carbons (Fsp3) is 0.391. The van der Waals surface area contributed by atoms with Crippen molar-refractivity contribution in [1.82, 2.24) is 9.88 Å². The van der Waals surface area contributed by atoms with Gasteiger partial charge in [-0.05, 0) is 37.1 Å². The van der Waals surface area contributed by atoms with Gasteiger partial charge >= 0.3 is 5.97 Å². The zero-order valence-electron chi connectivity index (χ0n) is 18.1. The van der Waals surface area contributed by atoms with Gasteiger partial charge in [0.15, 0.2) is 11.4 Å². The number of carboxylic acids is 1. The van der Waals surface area contributed by atoms with Gasteiger partial charge < -0.3 is 24.8 Å². The lowest BCUT2D eigenvalue weighted by molar-refractivity contribution is -0.123. The van der Waals surface area contributed by atoms with E-state index in [1.54, 1.807) is 24.3 Å². The molecule has 1 aromatic carbocycles. The van der Waals surface area contributed by atoms with Crippen molar-refractivity contribution in [3.63, 3.8) is 0 Å². The van der Waals surface area contributed by atoms with Crippen LogP contribution in [-0.4, -0.2) is 51.8 Å². The predicted octanol–water partition coefficient (Wildman–Crippen LogP) is 1.74. The lowest BCUT2D eigenvalue weighted by atomic mass is 9.95. The van der Waals surface area contributed by atoms with Crippen LogP contribution in [0.4, 0.5) is 5.69 Å². The highest BCUT2D eigenvalue weighted by Crippen LogP contribution is 2.30. The Morgan fingerprint density at radius 1 is 1.09 bits per heavy atom. The van der Waals surface area contributed by atoms with Crippen LogP contribution in [-0.2, 0) is 11.3 Å². The number of anilines is 1. The number of pyridine rings is 1. The number of hydrogen-bond donors (Lipinski definition) is 3. The Morgan fingerprint density at radius 2 is 1.76 bits per heavy atom. The first-order valence-electron chi connectivity index (χ1n) is 10.8. The van der Waals surface area contributed by atoms with Gasteiger partial charge in [0.1, 0.15) is 17.4 Å². The van der Waals surface area contributed by atoms with Crippen LogP contribution < -0.4 is 20.4 Å². The van der Waals surface area contributed by atoms with Gasteiger partial charge in [0.25, 0.3) is 5.91 Å². The third kappa shape index (κ3) is 4.15. The number of carbonyl (C=O) groups excluding carboxylic acids is 2. The molecule has 174 valence electrons. The minimum absolute atomic E-state index is 0.00234. The summed E-state index contributed by atoms with van der Waals surface area (Å²) < 4.78 is 6.34. The number of methoxy groups -OCH3 is 1. The minimum Gasteiger partial charge on any atom is -0.503 e. The molecule has 1 aliphatic heterocycles. The molecule has 10 nitrogen and oxygen atoms in total. The summed E-state index contributed by atoms with van der Waals surface area (Å²) in [7, 11) is 1.50. The molecule has 10 heteroatoms. The largest absolute Gasteiger partial charge is 0.503 e. The summed E-state index contributed by atoms with van der Waals surface area (Å²) in [5, 5.41) is 22.7. The molecule has 0 bridgehead atoms. The number of amides is 2. The van der Waals surface area contributed by atoms with Crippen molar-refractivity contribution < 1.29 is 29.3 Å². The number of hydrogen-bond acceptors (Lipinski definition) is 6. The van der Waals surface area contributed by atoms with Gasteiger partial charge in [0.05, 0.1) is 13.7 Å². The summed E-state index contributed by atoms with van der Waals surface area (Å²) >= 11 is 0. The molecule has 1 aromatic heterocycles. The summed E-state index contributed by atoms with van der Waals surface area (Å²) in [4.78, 5) is 51.8. The van der Waals surface area contributed by atoms with Crippen LogP contribution in [0.2, 0.25) is 0 Å².